The molecule has 0 amide bonds. The Bertz CT molecular complexity index is 2880. The minimum atomic E-state index is 0.911. The van der Waals surface area contributed by atoms with E-state index < -0.39 is 0 Å². The van der Waals surface area contributed by atoms with Crippen molar-refractivity contribution in [1.29, 1.82) is 0 Å². The molecule has 0 bridgehead atoms. The fourth-order valence-electron chi connectivity index (χ4n) is 7.80. The Hall–Kier alpha value is -6.90. The van der Waals surface area contributed by atoms with Crippen molar-refractivity contribution >= 4 is 60.5 Å². The lowest BCUT2D eigenvalue weighted by Crippen LogP contribution is -2.11. The second-order valence-electron chi connectivity index (χ2n) is 13.3. The van der Waals surface area contributed by atoms with E-state index in [1.165, 1.54) is 44.0 Å². The molecule has 10 aromatic rings. The van der Waals surface area contributed by atoms with Gasteiger partial charge in [0.2, 0.25) is 0 Å². The Morgan fingerprint density at radius 2 is 0.865 bits per heavy atom. The lowest BCUT2D eigenvalue weighted by Gasteiger charge is -2.28. The number of para-hydroxylation sites is 2. The zero-order valence-corrected chi connectivity index (χ0v) is 28.4. The predicted octanol–water partition coefficient (Wildman–Crippen LogP) is 14.4. The van der Waals surface area contributed by atoms with Gasteiger partial charge in [-0.05, 0) is 86.4 Å². The number of hydrogen-bond acceptors (Lipinski definition) is 2. The van der Waals surface area contributed by atoms with E-state index in [1.807, 2.05) is 6.07 Å². The van der Waals surface area contributed by atoms with Crippen molar-refractivity contribution in [3.63, 3.8) is 0 Å². The SMILES string of the molecule is c1ccc(-c2ccccc2N(c2ccc(-c3cccc4ccccc34)cc2)c2ccc(-c3cc4c5ccccc5oc4c4ccccc34)cc2)cc1. The first-order valence-corrected chi connectivity index (χ1v) is 17.8. The van der Waals surface area contributed by atoms with Gasteiger partial charge in [0.15, 0.2) is 0 Å². The van der Waals surface area contributed by atoms with Gasteiger partial charge >= 0.3 is 0 Å². The molecular weight excluding hydrogens is 631 g/mol. The van der Waals surface area contributed by atoms with Crippen LogP contribution < -0.4 is 4.90 Å². The van der Waals surface area contributed by atoms with Crippen LogP contribution in [0.25, 0.3) is 76.9 Å². The minimum Gasteiger partial charge on any atom is -0.455 e. The molecule has 0 radical (unpaired) electrons. The van der Waals surface area contributed by atoms with Gasteiger partial charge in [-0.1, -0.05) is 158 Å². The molecule has 2 heteroatoms. The molecule has 1 heterocycles. The van der Waals surface area contributed by atoms with E-state index >= 15 is 0 Å². The zero-order valence-electron chi connectivity index (χ0n) is 28.4. The lowest BCUT2D eigenvalue weighted by molar-refractivity contribution is 0.672. The summed E-state index contributed by atoms with van der Waals surface area (Å²) < 4.78 is 6.40. The highest BCUT2D eigenvalue weighted by molar-refractivity contribution is 6.19. The Kier molecular flexibility index (Phi) is 7.18. The number of furan rings is 1. The van der Waals surface area contributed by atoms with Crippen LogP contribution in [0.15, 0.2) is 205 Å². The van der Waals surface area contributed by atoms with Crippen molar-refractivity contribution in [2.45, 2.75) is 0 Å². The van der Waals surface area contributed by atoms with Gasteiger partial charge < -0.3 is 9.32 Å². The normalized spacial score (nSPS) is 11.5. The molecule has 0 spiro atoms. The summed E-state index contributed by atoms with van der Waals surface area (Å²) in [5.74, 6) is 0. The van der Waals surface area contributed by atoms with Gasteiger partial charge in [0.25, 0.3) is 0 Å². The largest absolute Gasteiger partial charge is 0.455 e. The maximum absolute atomic E-state index is 6.40. The molecule has 10 rings (SSSR count). The molecule has 244 valence electrons. The molecule has 0 fully saturated rings. The fourth-order valence-corrected chi connectivity index (χ4v) is 7.80. The number of nitrogens with zero attached hydrogens (tertiary/aromatic N) is 1. The van der Waals surface area contributed by atoms with Gasteiger partial charge in [-0.25, -0.2) is 0 Å². The molecular formula is C50H33NO. The van der Waals surface area contributed by atoms with E-state index in [9.17, 15) is 0 Å². The summed E-state index contributed by atoms with van der Waals surface area (Å²) in [6.07, 6.45) is 0. The predicted molar refractivity (Wildman–Crippen MR) is 220 cm³/mol. The summed E-state index contributed by atoms with van der Waals surface area (Å²) in [6.45, 7) is 0. The number of rotatable bonds is 6. The third kappa shape index (κ3) is 5.04. The minimum absolute atomic E-state index is 0.911. The van der Waals surface area contributed by atoms with Gasteiger partial charge in [0.1, 0.15) is 11.2 Å². The smallest absolute Gasteiger partial charge is 0.143 e. The first-order valence-electron chi connectivity index (χ1n) is 17.8. The molecule has 0 aliphatic carbocycles. The van der Waals surface area contributed by atoms with Gasteiger partial charge in [-0.15, -0.1) is 0 Å². The summed E-state index contributed by atoms with van der Waals surface area (Å²) in [6, 6.07) is 71.7. The Balaban J connectivity index is 1.12. The molecule has 0 aliphatic heterocycles. The first-order chi connectivity index (χ1) is 25.8. The summed E-state index contributed by atoms with van der Waals surface area (Å²) in [5, 5.41) is 7.08. The third-order valence-corrected chi connectivity index (χ3v) is 10.3. The summed E-state index contributed by atoms with van der Waals surface area (Å²) >= 11 is 0. The summed E-state index contributed by atoms with van der Waals surface area (Å²) in [4.78, 5) is 2.38. The van der Waals surface area contributed by atoms with Gasteiger partial charge in [-0.2, -0.15) is 0 Å². The molecule has 1 aromatic heterocycles. The summed E-state index contributed by atoms with van der Waals surface area (Å²) in [7, 11) is 0. The van der Waals surface area contributed by atoms with Crippen LogP contribution in [0, 0.1) is 0 Å². The number of anilines is 3. The highest BCUT2D eigenvalue weighted by atomic mass is 16.3. The van der Waals surface area contributed by atoms with Gasteiger partial charge in [0.05, 0.1) is 5.69 Å². The van der Waals surface area contributed by atoms with E-state index in [1.54, 1.807) is 0 Å². The average Bonchev–Trinajstić information content (AvgIpc) is 3.60. The number of fused-ring (bicyclic) bond motifs is 6. The van der Waals surface area contributed by atoms with Crippen molar-refractivity contribution in [3.05, 3.63) is 200 Å². The highest BCUT2D eigenvalue weighted by Gasteiger charge is 2.19. The molecule has 2 nitrogen and oxygen atoms in total. The van der Waals surface area contributed by atoms with Crippen LogP contribution in [0.4, 0.5) is 17.1 Å². The molecule has 0 aliphatic rings. The standard InChI is InChI=1S/C50H33NO/c1-2-13-35(14-3-1)42-18-8-10-23-48(42)51(38-29-25-36(26-30-38)41-22-12-16-34-15-4-5-17-40(34)41)39-31-27-37(28-32-39)46-33-47-44-20-9-11-24-49(44)52-50(47)45-21-7-6-19-43(45)46/h1-33H. The van der Waals surface area contributed by atoms with Crippen molar-refractivity contribution in [2.24, 2.45) is 0 Å². The fraction of sp³-hybridized carbons (Fsp3) is 0. The maximum Gasteiger partial charge on any atom is 0.143 e. The Morgan fingerprint density at radius 3 is 1.63 bits per heavy atom. The molecule has 9 aromatic carbocycles. The third-order valence-electron chi connectivity index (χ3n) is 10.3. The molecule has 0 saturated carbocycles. The van der Waals surface area contributed by atoms with Crippen LogP contribution in [0.1, 0.15) is 0 Å². The van der Waals surface area contributed by atoms with Crippen molar-refractivity contribution in [2.75, 3.05) is 4.90 Å². The first kappa shape index (κ1) is 30.0. The second kappa shape index (κ2) is 12.5. The topological polar surface area (TPSA) is 16.4 Å². The van der Waals surface area contributed by atoms with Gasteiger partial charge in [0, 0.05) is 33.1 Å². The zero-order chi connectivity index (χ0) is 34.4. The second-order valence-corrected chi connectivity index (χ2v) is 13.3. The van der Waals surface area contributed by atoms with Crippen LogP contribution in [0.3, 0.4) is 0 Å². The van der Waals surface area contributed by atoms with E-state index in [0.29, 0.717) is 0 Å². The average molecular weight is 664 g/mol. The van der Waals surface area contributed by atoms with E-state index in [4.69, 9.17) is 4.42 Å². The maximum atomic E-state index is 6.40. The number of benzene rings is 9. The highest BCUT2D eigenvalue weighted by Crippen LogP contribution is 2.44. The van der Waals surface area contributed by atoms with Crippen LogP contribution in [-0.4, -0.2) is 0 Å². The molecule has 0 unspecified atom stereocenters. The van der Waals surface area contributed by atoms with E-state index in [0.717, 1.165) is 50.0 Å². The van der Waals surface area contributed by atoms with Crippen molar-refractivity contribution in [3.8, 4) is 33.4 Å². The van der Waals surface area contributed by atoms with Crippen molar-refractivity contribution < 1.29 is 4.42 Å². The molecule has 0 saturated heterocycles. The van der Waals surface area contributed by atoms with Crippen LogP contribution >= 0.6 is 0 Å². The van der Waals surface area contributed by atoms with Crippen molar-refractivity contribution in [1.82, 2.24) is 0 Å². The monoisotopic (exact) mass is 663 g/mol. The van der Waals surface area contributed by atoms with E-state index in [2.05, 4.69) is 199 Å². The Morgan fingerprint density at radius 1 is 0.327 bits per heavy atom. The molecule has 52 heavy (non-hydrogen) atoms. The van der Waals surface area contributed by atoms with Gasteiger partial charge in [-0.3, -0.25) is 0 Å². The summed E-state index contributed by atoms with van der Waals surface area (Å²) in [5.41, 5.74) is 12.3. The lowest BCUT2D eigenvalue weighted by atomic mass is 9.95. The number of hydrogen-bond donors (Lipinski definition) is 0. The van der Waals surface area contributed by atoms with Crippen LogP contribution in [0.5, 0.6) is 0 Å². The van der Waals surface area contributed by atoms with E-state index in [-0.39, 0.29) is 0 Å². The Labute approximate surface area is 302 Å². The van der Waals surface area contributed by atoms with Crippen LogP contribution in [-0.2, 0) is 0 Å². The molecule has 0 atom stereocenters. The quantitative estimate of drug-likeness (QED) is 0.176. The van der Waals surface area contributed by atoms with Crippen LogP contribution in [0.2, 0.25) is 0 Å². The molecule has 0 N–H and O–H groups in total.